The van der Waals surface area contributed by atoms with Gasteiger partial charge in [0.25, 0.3) is 5.69 Å². The largest absolute Gasteiger partial charge is 0.466 e. The third kappa shape index (κ3) is 5.57. The van der Waals surface area contributed by atoms with Gasteiger partial charge in [0.2, 0.25) is 5.60 Å². The van der Waals surface area contributed by atoms with Crippen LogP contribution < -0.4 is 5.32 Å². The second-order valence-corrected chi connectivity index (χ2v) is 9.81. The molecule has 0 aliphatic carbocycles. The molecule has 1 saturated heterocycles. The van der Waals surface area contributed by atoms with E-state index in [1.807, 2.05) is 0 Å². The average Bonchev–Trinajstić information content (AvgIpc) is 3.31. The number of alkyl halides is 3. The zero-order chi connectivity index (χ0) is 29.2. The number of rotatable bonds is 7. The van der Waals surface area contributed by atoms with Crippen LogP contribution in [0.4, 0.5) is 18.9 Å². The Kier molecular flexibility index (Phi) is 8.01. The van der Waals surface area contributed by atoms with Gasteiger partial charge in [-0.1, -0.05) is 42.5 Å². The number of nitrogens with one attached hydrogen (secondary N) is 1. The lowest BCUT2D eigenvalue weighted by molar-refractivity contribution is -0.384. The van der Waals surface area contributed by atoms with E-state index >= 15 is 0 Å². The first-order valence-electron chi connectivity index (χ1n) is 12.4. The van der Waals surface area contributed by atoms with Gasteiger partial charge in [0.05, 0.1) is 29.1 Å². The molecule has 2 heterocycles. The summed E-state index contributed by atoms with van der Waals surface area (Å²) in [4.78, 5) is 38.9. The van der Waals surface area contributed by atoms with Crippen LogP contribution in [0.3, 0.4) is 0 Å². The molecule has 2 aromatic carbocycles. The third-order valence-electron chi connectivity index (χ3n) is 7.16. The number of ether oxygens (including phenoxy) is 2. The number of non-ortho nitro benzene ring substituents is 1. The minimum atomic E-state index is -4.89. The highest BCUT2D eigenvalue weighted by atomic mass is 19.4. The Hall–Kier alpha value is -4.19. The summed E-state index contributed by atoms with van der Waals surface area (Å²) in [6.07, 6.45) is -5.36. The van der Waals surface area contributed by atoms with Gasteiger partial charge in [-0.3, -0.25) is 15.0 Å². The molecule has 2 aliphatic heterocycles. The molecule has 2 atom stereocenters. The van der Waals surface area contributed by atoms with Crippen LogP contribution in [0.2, 0.25) is 0 Å². The zero-order valence-corrected chi connectivity index (χ0v) is 22.1. The molecule has 9 nitrogen and oxygen atoms in total. The Morgan fingerprint density at radius 3 is 2.33 bits per heavy atom. The molecule has 12 heteroatoms. The van der Waals surface area contributed by atoms with Crippen molar-refractivity contribution in [1.29, 1.82) is 0 Å². The first-order valence-corrected chi connectivity index (χ1v) is 12.4. The van der Waals surface area contributed by atoms with E-state index in [9.17, 15) is 32.9 Å². The molecular formula is C28H28F3N3O6. The van der Waals surface area contributed by atoms with Crippen molar-refractivity contribution >= 4 is 17.6 Å². The number of esters is 2. The lowest BCUT2D eigenvalue weighted by Gasteiger charge is -2.35. The topological polar surface area (TPSA) is 111 Å². The predicted molar refractivity (Wildman–Crippen MR) is 138 cm³/mol. The van der Waals surface area contributed by atoms with Crippen molar-refractivity contribution in [1.82, 2.24) is 10.2 Å². The maximum absolute atomic E-state index is 14.5. The van der Waals surface area contributed by atoms with Crippen molar-refractivity contribution in [2.75, 3.05) is 20.2 Å². The molecule has 2 aliphatic rings. The number of hydrogen-bond donors (Lipinski definition) is 1. The van der Waals surface area contributed by atoms with Crippen LogP contribution >= 0.6 is 0 Å². The highest BCUT2D eigenvalue weighted by Crippen LogP contribution is 2.45. The summed E-state index contributed by atoms with van der Waals surface area (Å²) in [6.45, 7) is 2.72. The monoisotopic (exact) mass is 559 g/mol. The predicted octanol–water partition coefficient (Wildman–Crippen LogP) is 4.75. The standard InChI is InChI=1S/C28H28F3N3O6/c1-17-22(25(35)39-3)24(20-10-7-11-21(14-20)34(37)38)23(18(2)32-17)26(36)40-27(28(29,30)31)12-13-33(16-27)15-19-8-5-4-6-9-19/h4-11,14,24,32H,12-13,15-16H2,1-3H3/t24?,27-/m0/s1. The normalized spacial score (nSPS) is 21.7. The second-order valence-electron chi connectivity index (χ2n) is 9.81. The molecule has 4 rings (SSSR count). The number of nitrogens with zero attached hydrogens (tertiary/aromatic N) is 2. The summed E-state index contributed by atoms with van der Waals surface area (Å²) in [7, 11) is 1.12. The summed E-state index contributed by atoms with van der Waals surface area (Å²) >= 11 is 0. The number of nitro benzene ring substituents is 1. The van der Waals surface area contributed by atoms with Gasteiger partial charge in [0, 0.05) is 49.6 Å². The van der Waals surface area contributed by atoms with E-state index in [4.69, 9.17) is 9.47 Å². The van der Waals surface area contributed by atoms with Crippen molar-refractivity contribution in [3.05, 3.63) is 98.4 Å². The number of benzene rings is 2. The maximum atomic E-state index is 14.5. The SMILES string of the molecule is COC(=O)C1=C(C)NC(C)=C(C(=O)O[C@@]2(C(F)(F)F)CCN(Cc3ccccc3)C2)C1c1cccc([N+](=O)[O-])c1. The molecule has 1 fully saturated rings. The number of halogens is 3. The molecule has 2 aromatic rings. The molecule has 1 N–H and O–H groups in total. The van der Waals surface area contributed by atoms with E-state index in [1.165, 1.54) is 38.1 Å². The van der Waals surface area contributed by atoms with Gasteiger partial charge in [-0.25, -0.2) is 9.59 Å². The van der Waals surface area contributed by atoms with Crippen LogP contribution in [-0.2, 0) is 25.6 Å². The Bertz CT molecular complexity index is 1390. The number of carbonyl (C=O) groups is 2. The molecule has 0 saturated carbocycles. The average molecular weight is 560 g/mol. The molecule has 212 valence electrons. The molecular weight excluding hydrogens is 531 g/mol. The summed E-state index contributed by atoms with van der Waals surface area (Å²) in [6, 6.07) is 14.2. The van der Waals surface area contributed by atoms with E-state index in [1.54, 1.807) is 35.2 Å². The van der Waals surface area contributed by atoms with Crippen LogP contribution in [-0.4, -0.2) is 53.7 Å². The van der Waals surface area contributed by atoms with Crippen molar-refractivity contribution in [2.45, 2.75) is 44.5 Å². The smallest absolute Gasteiger partial charge is 0.429 e. The Balaban J connectivity index is 1.72. The van der Waals surface area contributed by atoms with Crippen LogP contribution in [0.1, 0.15) is 37.3 Å². The maximum Gasteiger partial charge on any atom is 0.429 e. The van der Waals surface area contributed by atoms with Gasteiger partial charge >= 0.3 is 18.1 Å². The first kappa shape index (κ1) is 28.8. The van der Waals surface area contributed by atoms with Gasteiger partial charge in [0.1, 0.15) is 0 Å². The van der Waals surface area contributed by atoms with Crippen LogP contribution in [0.25, 0.3) is 0 Å². The third-order valence-corrected chi connectivity index (χ3v) is 7.16. The van der Waals surface area contributed by atoms with Crippen molar-refractivity contribution in [2.24, 2.45) is 0 Å². The summed E-state index contributed by atoms with van der Waals surface area (Å²) in [5, 5.41) is 14.3. The van der Waals surface area contributed by atoms with Gasteiger partial charge in [0.15, 0.2) is 0 Å². The molecule has 40 heavy (non-hydrogen) atoms. The van der Waals surface area contributed by atoms with E-state index < -0.39 is 47.5 Å². The lowest BCUT2D eigenvalue weighted by atomic mass is 9.80. The van der Waals surface area contributed by atoms with E-state index in [-0.39, 0.29) is 46.9 Å². The highest BCUT2D eigenvalue weighted by molar-refractivity contribution is 6.00. The molecule has 0 amide bonds. The minimum absolute atomic E-state index is 0.0404. The van der Waals surface area contributed by atoms with Crippen molar-refractivity contribution < 1.29 is 37.2 Å². The Morgan fingerprint density at radius 2 is 1.73 bits per heavy atom. The molecule has 1 unspecified atom stereocenters. The molecule has 0 bridgehead atoms. The lowest BCUT2D eigenvalue weighted by Crippen LogP contribution is -2.51. The number of hydrogen-bond acceptors (Lipinski definition) is 8. The summed E-state index contributed by atoms with van der Waals surface area (Å²) in [5.41, 5.74) is -2.03. The van der Waals surface area contributed by atoms with Crippen molar-refractivity contribution in [3.8, 4) is 0 Å². The van der Waals surface area contributed by atoms with Crippen LogP contribution in [0, 0.1) is 10.1 Å². The number of carbonyl (C=O) groups excluding carboxylic acids is 2. The van der Waals surface area contributed by atoms with Crippen LogP contribution in [0.15, 0.2) is 77.1 Å². The second kappa shape index (κ2) is 11.1. The summed E-state index contributed by atoms with van der Waals surface area (Å²) < 4.78 is 53.9. The van der Waals surface area contributed by atoms with Crippen LogP contribution in [0.5, 0.6) is 0 Å². The fourth-order valence-electron chi connectivity index (χ4n) is 5.24. The number of nitro groups is 1. The number of likely N-dealkylation sites (tertiary alicyclic amines) is 1. The van der Waals surface area contributed by atoms with Gasteiger partial charge < -0.3 is 14.8 Å². The summed E-state index contributed by atoms with van der Waals surface area (Å²) in [5.74, 6) is -3.40. The van der Waals surface area contributed by atoms with E-state index in [0.717, 1.165) is 12.7 Å². The quantitative estimate of drug-likeness (QED) is 0.294. The highest BCUT2D eigenvalue weighted by Gasteiger charge is 2.62. The number of dihydropyridines is 1. The van der Waals surface area contributed by atoms with Gasteiger partial charge in [-0.05, 0) is 25.0 Å². The molecule has 0 aromatic heterocycles. The number of allylic oxidation sites excluding steroid dienone is 2. The Morgan fingerprint density at radius 1 is 1.07 bits per heavy atom. The van der Waals surface area contributed by atoms with Gasteiger partial charge in [-0.2, -0.15) is 13.2 Å². The minimum Gasteiger partial charge on any atom is -0.466 e. The van der Waals surface area contributed by atoms with E-state index in [2.05, 4.69) is 5.32 Å². The Labute approximate surface area is 228 Å². The number of methoxy groups -OCH3 is 1. The van der Waals surface area contributed by atoms with Gasteiger partial charge in [-0.15, -0.1) is 0 Å². The van der Waals surface area contributed by atoms with E-state index in [0.29, 0.717) is 0 Å². The molecule has 0 radical (unpaired) electrons. The molecule has 0 spiro atoms. The fraction of sp³-hybridized carbons (Fsp3) is 0.357. The fourth-order valence-corrected chi connectivity index (χ4v) is 5.24. The van der Waals surface area contributed by atoms with Crippen molar-refractivity contribution in [3.63, 3.8) is 0 Å². The first-order chi connectivity index (χ1) is 18.9. The zero-order valence-electron chi connectivity index (χ0n) is 22.1.